The molecule has 1 aliphatic heterocycles. The zero-order chi connectivity index (χ0) is 19.6. The maximum atomic E-state index is 14.4. The quantitative estimate of drug-likeness (QED) is 0.571. The molecule has 0 aromatic carbocycles. The summed E-state index contributed by atoms with van der Waals surface area (Å²) < 4.78 is 28.7. The molecule has 10 heteroatoms. The fraction of sp³-hybridized carbons (Fsp3) is 0.588. The van der Waals surface area contributed by atoms with Crippen molar-refractivity contribution >= 4 is 17.5 Å². The van der Waals surface area contributed by atoms with Crippen molar-refractivity contribution < 1.29 is 18.7 Å². The van der Waals surface area contributed by atoms with Crippen LogP contribution in [0.3, 0.4) is 0 Å². The van der Waals surface area contributed by atoms with Gasteiger partial charge >= 0.3 is 5.97 Å². The molecular weight excluding hydrogens is 358 g/mol. The Labute approximate surface area is 154 Å². The summed E-state index contributed by atoms with van der Waals surface area (Å²) >= 11 is 0. The highest BCUT2D eigenvalue weighted by molar-refractivity contribution is 5.69. The van der Waals surface area contributed by atoms with Gasteiger partial charge in [-0.25, -0.2) is 9.97 Å². The molecule has 1 aromatic rings. The minimum absolute atomic E-state index is 0.0263. The molecule has 27 heavy (non-hydrogen) atoms. The number of nitrogens with two attached hydrogens (primary N) is 2. The minimum Gasteiger partial charge on any atom is -0.481 e. The number of hydrogen-bond donors (Lipinski definition) is 4. The van der Waals surface area contributed by atoms with Crippen molar-refractivity contribution in [3.63, 3.8) is 0 Å². The van der Waals surface area contributed by atoms with Crippen LogP contribution in [-0.4, -0.2) is 46.7 Å². The van der Waals surface area contributed by atoms with Crippen molar-refractivity contribution in [2.45, 2.75) is 30.7 Å². The van der Waals surface area contributed by atoms with Gasteiger partial charge in [-0.1, -0.05) is 0 Å². The summed E-state index contributed by atoms with van der Waals surface area (Å²) in [5.41, 5.74) is 11.9. The molecule has 146 valence electrons. The predicted octanol–water partition coefficient (Wildman–Crippen LogP) is 0.229. The Bertz CT molecular complexity index is 845. The Morgan fingerprint density at radius 1 is 1.48 bits per heavy atom. The maximum Gasteiger partial charge on any atom is 0.303 e. The highest BCUT2D eigenvalue weighted by Gasteiger charge is 2.67. The van der Waals surface area contributed by atoms with E-state index in [1.165, 1.54) is 6.20 Å². The Hall–Kier alpha value is -2.49. The lowest BCUT2D eigenvalue weighted by molar-refractivity contribution is -0.137. The lowest BCUT2D eigenvalue weighted by Gasteiger charge is -2.25. The van der Waals surface area contributed by atoms with Gasteiger partial charge in [0.2, 0.25) is 0 Å². The molecule has 0 bridgehead atoms. The van der Waals surface area contributed by atoms with E-state index >= 15 is 0 Å². The molecule has 1 saturated carbocycles. The lowest BCUT2D eigenvalue weighted by Crippen LogP contribution is -2.37. The van der Waals surface area contributed by atoms with Crippen LogP contribution in [0, 0.1) is 11.8 Å². The lowest BCUT2D eigenvalue weighted by atomic mass is 10.1. The largest absolute Gasteiger partial charge is 0.481 e. The number of aliphatic carboxylic acids is 1. The van der Waals surface area contributed by atoms with Crippen LogP contribution in [0.1, 0.15) is 29.9 Å². The molecular formula is C17H22F2N6O2. The van der Waals surface area contributed by atoms with Gasteiger partial charge < -0.3 is 26.8 Å². The number of carboxylic acids is 1. The third-order valence-corrected chi connectivity index (χ3v) is 6.03. The Morgan fingerprint density at radius 3 is 2.78 bits per heavy atom. The first kappa shape index (κ1) is 17.9. The van der Waals surface area contributed by atoms with E-state index in [-0.39, 0.29) is 42.6 Å². The summed E-state index contributed by atoms with van der Waals surface area (Å²) in [4.78, 5) is 21.5. The van der Waals surface area contributed by atoms with Gasteiger partial charge in [0.1, 0.15) is 11.5 Å². The van der Waals surface area contributed by atoms with E-state index in [0.717, 1.165) is 0 Å². The fourth-order valence-corrected chi connectivity index (χ4v) is 4.53. The van der Waals surface area contributed by atoms with Crippen LogP contribution in [0.4, 0.5) is 14.6 Å². The molecule has 2 fully saturated rings. The molecule has 8 nitrogen and oxygen atoms in total. The van der Waals surface area contributed by atoms with Gasteiger partial charge in [0.15, 0.2) is 5.82 Å². The zero-order valence-electron chi connectivity index (χ0n) is 14.9. The Kier molecular flexibility index (Phi) is 3.81. The number of anilines is 1. The first-order valence-electron chi connectivity index (χ1n) is 8.86. The molecule has 6 N–H and O–H groups in total. The molecule has 2 aliphatic carbocycles. The summed E-state index contributed by atoms with van der Waals surface area (Å²) in [7, 11) is 1.61. The molecule has 0 amide bonds. The monoisotopic (exact) mass is 380 g/mol. The average molecular weight is 380 g/mol. The predicted molar refractivity (Wildman–Crippen MR) is 93.8 cm³/mol. The molecule has 2 heterocycles. The zero-order valence-corrected chi connectivity index (χ0v) is 14.9. The number of aromatic nitrogens is 2. The van der Waals surface area contributed by atoms with Crippen LogP contribution in [-0.2, 0) is 17.1 Å². The van der Waals surface area contributed by atoms with Crippen LogP contribution in [0.15, 0.2) is 6.20 Å². The normalized spacial score (nSPS) is 30.8. The molecule has 3 unspecified atom stereocenters. The number of carbonyl (C=O) groups is 1. The third-order valence-electron chi connectivity index (χ3n) is 6.03. The second-order valence-electron chi connectivity index (χ2n) is 7.54. The van der Waals surface area contributed by atoms with E-state index < -0.39 is 17.4 Å². The van der Waals surface area contributed by atoms with Crippen LogP contribution >= 0.6 is 0 Å². The first-order chi connectivity index (χ1) is 12.7. The molecule has 1 saturated heterocycles. The summed E-state index contributed by atoms with van der Waals surface area (Å²) in [6.45, 7) is 0.898. The second kappa shape index (κ2) is 5.75. The van der Waals surface area contributed by atoms with E-state index in [1.807, 2.05) is 4.90 Å². The summed E-state index contributed by atoms with van der Waals surface area (Å²) in [6.07, 6.45) is 1.16. The molecule has 3 atom stereocenters. The summed E-state index contributed by atoms with van der Waals surface area (Å²) in [5.74, 6) is -3.37. The summed E-state index contributed by atoms with van der Waals surface area (Å²) in [6, 6.07) is 0. The number of nitrogens with zero attached hydrogens (tertiary/aromatic N) is 3. The first-order valence-corrected chi connectivity index (χ1v) is 8.86. The van der Waals surface area contributed by atoms with Gasteiger partial charge in [0, 0.05) is 49.8 Å². The summed E-state index contributed by atoms with van der Waals surface area (Å²) in [5, 5.41) is 11.8. The maximum absolute atomic E-state index is 14.4. The molecule has 1 aromatic heterocycles. The molecule has 0 radical (unpaired) electrons. The van der Waals surface area contributed by atoms with Crippen molar-refractivity contribution in [2.24, 2.45) is 23.3 Å². The number of hydrogen-bond acceptors (Lipinski definition) is 7. The minimum atomic E-state index is -3.01. The van der Waals surface area contributed by atoms with Crippen LogP contribution < -0.4 is 21.7 Å². The van der Waals surface area contributed by atoms with Gasteiger partial charge in [-0.3, -0.25) is 4.79 Å². The molecule has 4 rings (SSSR count). The average Bonchev–Trinajstić information content (AvgIpc) is 2.90. The van der Waals surface area contributed by atoms with Crippen LogP contribution in [0.2, 0.25) is 0 Å². The van der Waals surface area contributed by atoms with Crippen molar-refractivity contribution in [1.82, 2.24) is 15.3 Å². The van der Waals surface area contributed by atoms with Gasteiger partial charge in [0.05, 0.1) is 12.1 Å². The smallest absolute Gasteiger partial charge is 0.303 e. The van der Waals surface area contributed by atoms with E-state index in [0.29, 0.717) is 30.2 Å². The highest BCUT2D eigenvalue weighted by Crippen LogP contribution is 2.57. The van der Waals surface area contributed by atoms with Gasteiger partial charge in [-0.15, -0.1) is 0 Å². The van der Waals surface area contributed by atoms with Crippen LogP contribution in [0.25, 0.3) is 5.70 Å². The van der Waals surface area contributed by atoms with E-state index in [9.17, 15) is 13.6 Å². The number of rotatable bonds is 5. The number of carboxylic acid groups (broad SMARTS) is 1. The van der Waals surface area contributed by atoms with Crippen molar-refractivity contribution in [3.8, 4) is 0 Å². The van der Waals surface area contributed by atoms with Gasteiger partial charge in [0.25, 0.3) is 5.92 Å². The van der Waals surface area contributed by atoms with Crippen molar-refractivity contribution in [2.75, 3.05) is 25.0 Å². The van der Waals surface area contributed by atoms with E-state index in [1.54, 1.807) is 7.05 Å². The van der Waals surface area contributed by atoms with Gasteiger partial charge in [-0.05, 0) is 12.3 Å². The van der Waals surface area contributed by atoms with E-state index in [2.05, 4.69) is 15.3 Å². The number of alkyl halides is 2. The number of fused-ring (bicyclic) bond motifs is 2. The van der Waals surface area contributed by atoms with Gasteiger partial charge in [-0.2, -0.15) is 8.78 Å². The number of nitrogens with one attached hydrogen (secondary N) is 1. The Balaban J connectivity index is 1.69. The van der Waals surface area contributed by atoms with Crippen molar-refractivity contribution in [3.05, 3.63) is 23.3 Å². The fourth-order valence-electron chi connectivity index (χ4n) is 4.53. The third kappa shape index (κ3) is 2.61. The number of piperidine rings is 1. The van der Waals surface area contributed by atoms with Crippen LogP contribution in [0.5, 0.6) is 0 Å². The van der Waals surface area contributed by atoms with E-state index in [4.69, 9.17) is 16.6 Å². The van der Waals surface area contributed by atoms with Crippen molar-refractivity contribution in [1.29, 1.82) is 0 Å². The molecule has 0 spiro atoms. The molecule has 3 aliphatic rings. The highest BCUT2D eigenvalue weighted by atomic mass is 19.3. The SMILES string of the molecule is CN/C(=C\N)c1nc(N2CC3C(CC(=O)O)C3(N)C2)c2c(n1)C(F)(F)CC2. The standard InChI is InChI=1S/C17H22F2N6O2/c1-22-11(5-20)14-23-13-8(2-3-17(13,18)19)15(24-14)25-6-10-9(4-12(26)27)16(10,21)7-25/h5,9-10,22H,2-4,6-7,20-21H2,1H3,(H,26,27)/b11-5-. The topological polar surface area (TPSA) is 130 Å². The number of halogens is 2. The second-order valence-corrected chi connectivity index (χ2v) is 7.54. The Morgan fingerprint density at radius 2 is 2.22 bits per heavy atom.